The van der Waals surface area contributed by atoms with Gasteiger partial charge in [-0.2, -0.15) is 0 Å². The monoisotopic (exact) mass is 350 g/mol. The van der Waals surface area contributed by atoms with Crippen molar-refractivity contribution in [3.05, 3.63) is 17.5 Å². The van der Waals surface area contributed by atoms with Crippen LogP contribution in [0.4, 0.5) is 5.00 Å². The molecule has 1 aromatic rings. The van der Waals surface area contributed by atoms with Crippen molar-refractivity contribution in [2.45, 2.75) is 26.2 Å². The molecule has 2 heterocycles. The van der Waals surface area contributed by atoms with E-state index in [0.717, 1.165) is 70.8 Å². The average molecular weight is 351 g/mol. The van der Waals surface area contributed by atoms with E-state index in [1.54, 1.807) is 0 Å². The second-order valence-corrected chi connectivity index (χ2v) is 7.46. The summed E-state index contributed by atoms with van der Waals surface area (Å²) in [6, 6.07) is 4.34. The third kappa shape index (κ3) is 5.38. The Bertz CT molecular complexity index is 493. The number of ether oxygens (including phenoxy) is 1. The van der Waals surface area contributed by atoms with Crippen LogP contribution in [0.2, 0.25) is 0 Å². The molecule has 1 N–H and O–H groups in total. The average Bonchev–Trinajstić information content (AvgIpc) is 3.27. The van der Waals surface area contributed by atoms with Crippen LogP contribution in [-0.4, -0.2) is 63.3 Å². The Kier molecular flexibility index (Phi) is 6.78. The molecule has 0 aromatic carbocycles. The van der Waals surface area contributed by atoms with Crippen molar-refractivity contribution in [1.82, 2.24) is 10.2 Å². The van der Waals surface area contributed by atoms with Crippen molar-refractivity contribution >= 4 is 22.3 Å². The van der Waals surface area contributed by atoms with Gasteiger partial charge >= 0.3 is 0 Å². The van der Waals surface area contributed by atoms with Gasteiger partial charge in [0.25, 0.3) is 0 Å². The molecule has 0 atom stereocenters. The minimum Gasteiger partial charge on any atom is -0.381 e. The molecule has 1 aliphatic heterocycles. The lowest BCUT2D eigenvalue weighted by atomic mass is 10.3. The van der Waals surface area contributed by atoms with Crippen LogP contribution in [0.15, 0.2) is 22.5 Å². The van der Waals surface area contributed by atoms with E-state index in [4.69, 9.17) is 9.73 Å². The van der Waals surface area contributed by atoms with Crippen LogP contribution in [0, 0.1) is 5.92 Å². The number of piperazine rings is 1. The molecule has 6 heteroatoms. The Morgan fingerprint density at radius 2 is 2.17 bits per heavy atom. The highest BCUT2D eigenvalue weighted by Crippen LogP contribution is 2.28. The summed E-state index contributed by atoms with van der Waals surface area (Å²) in [5, 5.41) is 6.97. The molecule has 0 radical (unpaired) electrons. The number of nitrogens with one attached hydrogen (secondary N) is 1. The van der Waals surface area contributed by atoms with Gasteiger partial charge in [0.05, 0.1) is 5.00 Å². The molecule has 0 bridgehead atoms. The topological polar surface area (TPSA) is 40.1 Å². The highest BCUT2D eigenvalue weighted by atomic mass is 32.1. The summed E-state index contributed by atoms with van der Waals surface area (Å²) in [5.74, 6) is 1.91. The van der Waals surface area contributed by atoms with Gasteiger partial charge in [-0.1, -0.05) is 0 Å². The molecule has 1 saturated heterocycles. The number of aliphatic imine (C=N–C) groups is 1. The van der Waals surface area contributed by atoms with E-state index in [0.29, 0.717) is 0 Å². The molecule has 24 heavy (non-hydrogen) atoms. The molecular weight excluding hydrogens is 320 g/mol. The Morgan fingerprint density at radius 1 is 1.33 bits per heavy atom. The Hall–Kier alpha value is -1.27. The second-order valence-electron chi connectivity index (χ2n) is 6.53. The maximum Gasteiger partial charge on any atom is 0.194 e. The van der Waals surface area contributed by atoms with Crippen LogP contribution in [0.3, 0.4) is 0 Å². The van der Waals surface area contributed by atoms with Crippen LogP contribution in [0.1, 0.15) is 26.2 Å². The minimum absolute atomic E-state index is 0.839. The SMILES string of the molecule is CCNC(=NCCCOCC1CC1)N1CCN(c2cccs2)CC1. The fourth-order valence-corrected chi connectivity index (χ4v) is 3.69. The molecule has 5 nitrogen and oxygen atoms in total. The van der Waals surface area contributed by atoms with Gasteiger partial charge in [-0.05, 0) is 49.6 Å². The van der Waals surface area contributed by atoms with Gasteiger partial charge < -0.3 is 19.9 Å². The van der Waals surface area contributed by atoms with Crippen LogP contribution in [0.5, 0.6) is 0 Å². The summed E-state index contributed by atoms with van der Waals surface area (Å²) >= 11 is 1.82. The van der Waals surface area contributed by atoms with Gasteiger partial charge in [0.2, 0.25) is 0 Å². The van der Waals surface area contributed by atoms with Crippen molar-refractivity contribution in [3.8, 4) is 0 Å². The maximum atomic E-state index is 5.69. The molecule has 2 fully saturated rings. The summed E-state index contributed by atoms with van der Waals surface area (Å²) in [7, 11) is 0. The summed E-state index contributed by atoms with van der Waals surface area (Å²) < 4.78 is 5.69. The fraction of sp³-hybridized carbons (Fsp3) is 0.722. The van der Waals surface area contributed by atoms with Crippen LogP contribution < -0.4 is 10.2 Å². The second kappa shape index (κ2) is 9.28. The highest BCUT2D eigenvalue weighted by Gasteiger charge is 2.21. The summed E-state index contributed by atoms with van der Waals surface area (Å²) in [6.45, 7) is 9.88. The number of thiophene rings is 1. The van der Waals surface area contributed by atoms with E-state index >= 15 is 0 Å². The zero-order valence-corrected chi connectivity index (χ0v) is 15.6. The van der Waals surface area contributed by atoms with E-state index in [-0.39, 0.29) is 0 Å². The van der Waals surface area contributed by atoms with Gasteiger partial charge in [0, 0.05) is 52.5 Å². The predicted molar refractivity (Wildman–Crippen MR) is 102 cm³/mol. The van der Waals surface area contributed by atoms with Gasteiger partial charge in [0.15, 0.2) is 5.96 Å². The molecule has 134 valence electrons. The maximum absolute atomic E-state index is 5.69. The summed E-state index contributed by atoms with van der Waals surface area (Å²) in [4.78, 5) is 9.65. The largest absolute Gasteiger partial charge is 0.381 e. The molecular formula is C18H30N4OS. The zero-order valence-electron chi connectivity index (χ0n) is 14.7. The van der Waals surface area contributed by atoms with Gasteiger partial charge in [-0.3, -0.25) is 4.99 Å². The normalized spacial score (nSPS) is 19.0. The van der Waals surface area contributed by atoms with E-state index in [9.17, 15) is 0 Å². The molecule has 2 aliphatic rings. The zero-order chi connectivity index (χ0) is 16.6. The molecule has 0 spiro atoms. The molecule has 1 aromatic heterocycles. The quantitative estimate of drug-likeness (QED) is 0.444. The molecule has 0 amide bonds. The van der Waals surface area contributed by atoms with Crippen molar-refractivity contribution < 1.29 is 4.74 Å². The van der Waals surface area contributed by atoms with E-state index in [1.807, 2.05) is 11.3 Å². The van der Waals surface area contributed by atoms with Crippen molar-refractivity contribution in [2.75, 3.05) is 57.4 Å². The van der Waals surface area contributed by atoms with Gasteiger partial charge in [-0.25, -0.2) is 0 Å². The van der Waals surface area contributed by atoms with Crippen molar-refractivity contribution in [3.63, 3.8) is 0 Å². The molecule has 0 unspecified atom stereocenters. The van der Waals surface area contributed by atoms with Gasteiger partial charge in [0.1, 0.15) is 0 Å². The number of guanidine groups is 1. The lowest BCUT2D eigenvalue weighted by Crippen LogP contribution is -2.52. The highest BCUT2D eigenvalue weighted by molar-refractivity contribution is 7.14. The first-order chi connectivity index (χ1) is 11.9. The predicted octanol–water partition coefficient (Wildman–Crippen LogP) is 2.65. The Morgan fingerprint density at radius 3 is 2.83 bits per heavy atom. The fourth-order valence-electron chi connectivity index (χ4n) is 2.90. The third-order valence-electron chi connectivity index (χ3n) is 4.49. The first-order valence-electron chi connectivity index (χ1n) is 9.26. The summed E-state index contributed by atoms with van der Waals surface area (Å²) in [6.07, 6.45) is 3.73. The number of nitrogens with zero attached hydrogens (tertiary/aromatic N) is 3. The van der Waals surface area contributed by atoms with Gasteiger partial charge in [-0.15, -0.1) is 11.3 Å². The number of hydrogen-bond donors (Lipinski definition) is 1. The van der Waals surface area contributed by atoms with E-state index < -0.39 is 0 Å². The number of hydrogen-bond acceptors (Lipinski definition) is 4. The lowest BCUT2D eigenvalue weighted by Gasteiger charge is -2.37. The number of anilines is 1. The lowest BCUT2D eigenvalue weighted by molar-refractivity contribution is 0.123. The Balaban J connectivity index is 1.40. The standard InChI is InChI=1S/C18H30N4OS/c1-2-19-18(20-8-4-13-23-15-16-6-7-16)22-11-9-21(10-12-22)17-5-3-14-24-17/h3,5,14,16H,2,4,6-13,15H2,1H3,(H,19,20). The third-order valence-corrected chi connectivity index (χ3v) is 5.42. The van der Waals surface area contributed by atoms with Crippen molar-refractivity contribution in [1.29, 1.82) is 0 Å². The van der Waals surface area contributed by atoms with E-state index in [1.165, 1.54) is 17.8 Å². The molecule has 1 aliphatic carbocycles. The first-order valence-corrected chi connectivity index (χ1v) is 10.1. The van der Waals surface area contributed by atoms with Crippen LogP contribution in [-0.2, 0) is 4.74 Å². The summed E-state index contributed by atoms with van der Waals surface area (Å²) in [5.41, 5.74) is 0. The van der Waals surface area contributed by atoms with Crippen LogP contribution >= 0.6 is 11.3 Å². The van der Waals surface area contributed by atoms with E-state index in [2.05, 4.69) is 39.6 Å². The number of rotatable bonds is 8. The Labute approximate surface area is 149 Å². The molecule has 3 rings (SSSR count). The molecule has 1 saturated carbocycles. The van der Waals surface area contributed by atoms with Crippen LogP contribution in [0.25, 0.3) is 0 Å². The first kappa shape index (κ1) is 17.5. The minimum atomic E-state index is 0.839. The van der Waals surface area contributed by atoms with Crippen molar-refractivity contribution in [2.24, 2.45) is 10.9 Å². The smallest absolute Gasteiger partial charge is 0.194 e.